The van der Waals surface area contributed by atoms with Gasteiger partial charge in [-0.3, -0.25) is 0 Å². The van der Waals surface area contributed by atoms with Crippen molar-refractivity contribution in [3.8, 4) is 11.1 Å². The van der Waals surface area contributed by atoms with Crippen LogP contribution in [0.4, 0.5) is 0 Å². The lowest BCUT2D eigenvalue weighted by molar-refractivity contribution is 0.555. The molecule has 0 N–H and O–H groups in total. The first-order chi connectivity index (χ1) is 19.3. The minimum Gasteiger partial charge on any atom is -0.317 e. The second kappa shape index (κ2) is 9.24. The normalized spacial score (nSPS) is 21.8. The molecule has 4 aliphatic rings. The predicted octanol–water partition coefficient (Wildman–Crippen LogP) is 10.4. The zero-order valence-corrected chi connectivity index (χ0v) is 23.3. The smallest absolute Gasteiger partial charge is 0.0534 e. The zero-order chi connectivity index (χ0) is 25.9. The molecule has 1 nitrogen and oxygen atoms in total. The molecule has 0 aliphatic heterocycles. The Hall–Kier alpha value is -3.62. The van der Waals surface area contributed by atoms with E-state index in [1.807, 2.05) is 11.3 Å². The summed E-state index contributed by atoms with van der Waals surface area (Å²) in [6, 6.07) is 14.1. The fourth-order valence-electron chi connectivity index (χ4n) is 7.23. The Morgan fingerprint density at radius 3 is 2.64 bits per heavy atom. The van der Waals surface area contributed by atoms with Crippen LogP contribution in [-0.4, -0.2) is 4.57 Å². The van der Waals surface area contributed by atoms with E-state index in [1.54, 1.807) is 5.57 Å². The summed E-state index contributed by atoms with van der Waals surface area (Å²) in [5.74, 6) is 1.11. The van der Waals surface area contributed by atoms with Crippen LogP contribution in [0, 0.1) is 11.8 Å². The second-order valence-electron chi connectivity index (χ2n) is 11.5. The lowest BCUT2D eigenvalue weighted by Gasteiger charge is -2.27. The number of aryl methyl sites for hydroxylation is 1. The molecule has 192 valence electrons. The molecule has 0 saturated heterocycles. The third-order valence-electron chi connectivity index (χ3n) is 9.22. The van der Waals surface area contributed by atoms with Crippen LogP contribution in [-0.2, 0) is 12.8 Å². The van der Waals surface area contributed by atoms with Crippen molar-refractivity contribution in [3.63, 3.8) is 0 Å². The SMILES string of the molecule is C[C@@H]1C=CC=CC1C1=CC=C(n2c3c(c4cc(-c5cccc6c7c(sc56)C=CCC7)ccc42)C=CCC3)CC1. The molecule has 4 aromatic rings. The summed E-state index contributed by atoms with van der Waals surface area (Å²) < 4.78 is 4.03. The Morgan fingerprint density at radius 2 is 1.74 bits per heavy atom. The number of hydrogen-bond acceptors (Lipinski definition) is 1. The molecule has 0 spiro atoms. The monoisotopic (exact) mass is 523 g/mol. The molecule has 0 saturated carbocycles. The van der Waals surface area contributed by atoms with E-state index in [-0.39, 0.29) is 0 Å². The van der Waals surface area contributed by atoms with E-state index >= 15 is 0 Å². The van der Waals surface area contributed by atoms with E-state index in [4.69, 9.17) is 0 Å². The van der Waals surface area contributed by atoms with Crippen molar-refractivity contribution in [2.24, 2.45) is 11.8 Å². The molecule has 2 heterocycles. The van der Waals surface area contributed by atoms with Crippen LogP contribution in [0.3, 0.4) is 0 Å². The Kier molecular flexibility index (Phi) is 5.52. The standard InChI is InChI=1S/C37H33NS/c1-24-9-2-3-10-28(24)25-17-20-27(21-18-25)38-34-15-6-4-11-30(34)33-23-26(19-22-35(33)38)29-13-8-14-32-31-12-5-7-16-36(31)39-37(29)32/h2-4,7-11,13-14,16-17,19-20,22-24,28H,5-6,12,15,18,21H2,1H3/t24-,28?/m1/s1. The first-order valence-corrected chi connectivity index (χ1v) is 15.4. The average Bonchev–Trinajstić information content (AvgIpc) is 3.53. The van der Waals surface area contributed by atoms with Crippen LogP contribution in [0.2, 0.25) is 0 Å². The first-order valence-electron chi connectivity index (χ1n) is 14.6. The molecule has 2 aromatic carbocycles. The van der Waals surface area contributed by atoms with Crippen LogP contribution in [0.5, 0.6) is 0 Å². The van der Waals surface area contributed by atoms with E-state index in [9.17, 15) is 0 Å². The van der Waals surface area contributed by atoms with Crippen LogP contribution >= 0.6 is 11.3 Å². The molecule has 39 heavy (non-hydrogen) atoms. The highest BCUT2D eigenvalue weighted by Crippen LogP contribution is 2.43. The van der Waals surface area contributed by atoms with Gasteiger partial charge < -0.3 is 4.57 Å². The minimum absolute atomic E-state index is 0.537. The molecule has 1 unspecified atom stereocenters. The predicted molar refractivity (Wildman–Crippen MR) is 170 cm³/mol. The van der Waals surface area contributed by atoms with Gasteiger partial charge in [-0.1, -0.05) is 85.4 Å². The number of hydrogen-bond donors (Lipinski definition) is 0. The molecule has 2 atom stereocenters. The maximum absolute atomic E-state index is 2.60. The van der Waals surface area contributed by atoms with Crippen molar-refractivity contribution < 1.29 is 0 Å². The first kappa shape index (κ1) is 23.3. The number of benzene rings is 2. The molecule has 4 aliphatic carbocycles. The Labute approximate surface area is 234 Å². The Morgan fingerprint density at radius 1 is 0.846 bits per heavy atom. The summed E-state index contributed by atoms with van der Waals surface area (Å²) in [6.07, 6.45) is 30.1. The topological polar surface area (TPSA) is 4.93 Å². The van der Waals surface area contributed by atoms with Crippen LogP contribution in [0.25, 0.3) is 50.0 Å². The number of nitrogens with zero attached hydrogens (tertiary/aromatic N) is 1. The van der Waals surface area contributed by atoms with Gasteiger partial charge in [-0.25, -0.2) is 0 Å². The fraction of sp³-hybridized carbons (Fsp3) is 0.243. The van der Waals surface area contributed by atoms with E-state index < -0.39 is 0 Å². The van der Waals surface area contributed by atoms with E-state index in [2.05, 4.69) is 109 Å². The van der Waals surface area contributed by atoms with E-state index in [1.165, 1.54) is 59.5 Å². The van der Waals surface area contributed by atoms with Crippen molar-refractivity contribution in [2.45, 2.75) is 45.4 Å². The third-order valence-corrected chi connectivity index (χ3v) is 10.5. The molecule has 2 heteroatoms. The fourth-order valence-corrected chi connectivity index (χ4v) is 8.55. The highest BCUT2D eigenvalue weighted by Gasteiger charge is 2.24. The van der Waals surface area contributed by atoms with Crippen molar-refractivity contribution in [3.05, 3.63) is 112 Å². The maximum atomic E-state index is 2.60. The van der Waals surface area contributed by atoms with Crippen molar-refractivity contribution in [1.29, 1.82) is 0 Å². The van der Waals surface area contributed by atoms with Gasteiger partial charge in [0.2, 0.25) is 0 Å². The van der Waals surface area contributed by atoms with Crippen LogP contribution < -0.4 is 0 Å². The molecule has 0 amide bonds. The van der Waals surface area contributed by atoms with Crippen molar-refractivity contribution in [2.75, 3.05) is 0 Å². The molecular formula is C37H33NS. The second-order valence-corrected chi connectivity index (χ2v) is 12.5. The molecule has 0 bridgehead atoms. The van der Waals surface area contributed by atoms with E-state index in [0.717, 1.165) is 38.5 Å². The summed E-state index contributed by atoms with van der Waals surface area (Å²) in [5, 5.41) is 2.84. The lowest BCUT2D eigenvalue weighted by Crippen LogP contribution is -2.15. The van der Waals surface area contributed by atoms with Gasteiger partial charge in [0.15, 0.2) is 0 Å². The number of allylic oxidation sites excluding steroid dienone is 10. The molecule has 0 radical (unpaired) electrons. The van der Waals surface area contributed by atoms with Crippen LogP contribution in [0.15, 0.2) is 90.6 Å². The molecular weight excluding hydrogens is 490 g/mol. The van der Waals surface area contributed by atoms with Gasteiger partial charge >= 0.3 is 0 Å². The summed E-state index contributed by atoms with van der Waals surface area (Å²) in [5.41, 5.74) is 11.5. The minimum atomic E-state index is 0.537. The van der Waals surface area contributed by atoms with Gasteiger partial charge in [0.05, 0.1) is 5.52 Å². The number of aromatic nitrogens is 1. The largest absolute Gasteiger partial charge is 0.317 e. The van der Waals surface area contributed by atoms with Crippen molar-refractivity contribution >= 4 is 50.2 Å². The quantitative estimate of drug-likeness (QED) is 0.252. The summed E-state index contributed by atoms with van der Waals surface area (Å²) >= 11 is 1.96. The summed E-state index contributed by atoms with van der Waals surface area (Å²) in [4.78, 5) is 1.45. The van der Waals surface area contributed by atoms with Gasteiger partial charge in [0, 0.05) is 37.8 Å². The third kappa shape index (κ3) is 3.72. The maximum Gasteiger partial charge on any atom is 0.0534 e. The average molecular weight is 524 g/mol. The molecule has 8 rings (SSSR count). The van der Waals surface area contributed by atoms with Gasteiger partial charge in [0.25, 0.3) is 0 Å². The van der Waals surface area contributed by atoms with Gasteiger partial charge in [-0.2, -0.15) is 0 Å². The molecule has 2 aromatic heterocycles. The Balaban J connectivity index is 1.25. The highest BCUT2D eigenvalue weighted by atomic mass is 32.1. The lowest BCUT2D eigenvalue weighted by atomic mass is 9.80. The van der Waals surface area contributed by atoms with Gasteiger partial charge in [0.1, 0.15) is 0 Å². The number of thiophene rings is 1. The molecule has 0 fully saturated rings. The summed E-state index contributed by atoms with van der Waals surface area (Å²) in [7, 11) is 0. The van der Waals surface area contributed by atoms with Gasteiger partial charge in [-0.05, 0) is 90.8 Å². The Bertz CT molecular complexity index is 1830. The zero-order valence-electron chi connectivity index (χ0n) is 22.5. The summed E-state index contributed by atoms with van der Waals surface area (Å²) in [6.45, 7) is 2.34. The van der Waals surface area contributed by atoms with Crippen LogP contribution in [0.1, 0.15) is 54.3 Å². The van der Waals surface area contributed by atoms with Gasteiger partial charge in [-0.15, -0.1) is 11.3 Å². The van der Waals surface area contributed by atoms with Crippen molar-refractivity contribution in [1.82, 2.24) is 4.57 Å². The highest BCUT2D eigenvalue weighted by molar-refractivity contribution is 7.20. The van der Waals surface area contributed by atoms with E-state index in [0.29, 0.717) is 11.8 Å². The number of fused-ring (bicyclic) bond motifs is 6. The number of rotatable bonds is 3.